The number of hydrogen-bond donors (Lipinski definition) is 1. The zero-order valence-corrected chi connectivity index (χ0v) is 12.7. The largest absolute Gasteiger partial charge is 0.493 e. The molecule has 0 aliphatic carbocycles. The number of benzene rings is 2. The molecule has 2 nitrogen and oxygen atoms in total. The van der Waals surface area contributed by atoms with Gasteiger partial charge in [0.15, 0.2) is 0 Å². The average Bonchev–Trinajstić information content (AvgIpc) is 2.45. The van der Waals surface area contributed by atoms with Crippen molar-refractivity contribution in [1.29, 1.82) is 0 Å². The Bertz CT molecular complexity index is 554. The third-order valence-electron chi connectivity index (χ3n) is 2.84. The molecule has 0 aliphatic heterocycles. The number of para-hydroxylation sites is 1. The summed E-state index contributed by atoms with van der Waals surface area (Å²) in [5, 5.41) is 4.07. The number of rotatable bonds is 6. The van der Waals surface area contributed by atoms with Crippen molar-refractivity contribution in [2.45, 2.75) is 20.4 Å². The Labute approximate surface area is 125 Å². The minimum absolute atomic E-state index is 0.528. The van der Waals surface area contributed by atoms with Gasteiger partial charge in [0.05, 0.1) is 17.3 Å². The fraction of sp³-hybridized carbons (Fsp3) is 0.294. The van der Waals surface area contributed by atoms with Crippen molar-refractivity contribution >= 4 is 17.3 Å². The van der Waals surface area contributed by atoms with Crippen LogP contribution in [0.2, 0.25) is 5.02 Å². The lowest BCUT2D eigenvalue weighted by atomic mass is 10.2. The second kappa shape index (κ2) is 7.20. The maximum absolute atomic E-state index is 6.12. The molecule has 1 N–H and O–H groups in total. The van der Waals surface area contributed by atoms with Crippen LogP contribution in [0.3, 0.4) is 0 Å². The molecule has 0 unspecified atom stereocenters. The lowest BCUT2D eigenvalue weighted by molar-refractivity contribution is 0.271. The van der Waals surface area contributed by atoms with Crippen molar-refractivity contribution in [3.8, 4) is 5.75 Å². The smallest absolute Gasteiger partial charge is 0.119 e. The molecule has 0 aliphatic rings. The summed E-state index contributed by atoms with van der Waals surface area (Å²) in [5.74, 6) is 1.44. The molecule has 2 aromatic carbocycles. The van der Waals surface area contributed by atoms with Crippen molar-refractivity contribution in [1.82, 2.24) is 0 Å². The molecule has 2 aromatic rings. The molecular formula is C17H20ClNO. The first-order valence-electron chi connectivity index (χ1n) is 6.85. The van der Waals surface area contributed by atoms with E-state index in [2.05, 4.69) is 31.3 Å². The first-order chi connectivity index (χ1) is 9.65. The second-order valence-corrected chi connectivity index (χ2v) is 5.59. The molecule has 0 heterocycles. The molecule has 106 valence electrons. The van der Waals surface area contributed by atoms with Crippen LogP contribution in [-0.4, -0.2) is 6.61 Å². The monoisotopic (exact) mass is 289 g/mol. The normalized spacial score (nSPS) is 10.6. The van der Waals surface area contributed by atoms with Gasteiger partial charge in [0.2, 0.25) is 0 Å². The minimum atomic E-state index is 0.528. The first kappa shape index (κ1) is 14.7. The Morgan fingerprint density at radius 3 is 2.65 bits per heavy atom. The van der Waals surface area contributed by atoms with Crippen molar-refractivity contribution < 1.29 is 4.74 Å². The molecule has 0 radical (unpaired) electrons. The van der Waals surface area contributed by atoms with Gasteiger partial charge in [0, 0.05) is 6.54 Å². The summed E-state index contributed by atoms with van der Waals surface area (Å²) >= 11 is 6.12. The predicted octanol–water partition coefficient (Wildman–Crippen LogP) is 4.99. The fourth-order valence-electron chi connectivity index (χ4n) is 1.81. The van der Waals surface area contributed by atoms with Crippen molar-refractivity contribution in [3.05, 3.63) is 59.1 Å². The van der Waals surface area contributed by atoms with Crippen LogP contribution in [0.1, 0.15) is 19.4 Å². The van der Waals surface area contributed by atoms with E-state index in [-0.39, 0.29) is 0 Å². The molecule has 0 amide bonds. The van der Waals surface area contributed by atoms with Gasteiger partial charge < -0.3 is 10.1 Å². The van der Waals surface area contributed by atoms with E-state index < -0.39 is 0 Å². The molecule has 0 bridgehead atoms. The number of halogens is 1. The Balaban J connectivity index is 1.96. The first-order valence-corrected chi connectivity index (χ1v) is 7.23. The lowest BCUT2D eigenvalue weighted by Gasteiger charge is -2.11. The number of ether oxygens (including phenoxy) is 1. The predicted molar refractivity (Wildman–Crippen MR) is 85.6 cm³/mol. The SMILES string of the molecule is CC(C)COc1cccc(CNc2ccccc2Cl)c1. The molecule has 0 aromatic heterocycles. The third kappa shape index (κ3) is 4.46. The van der Waals surface area contributed by atoms with E-state index in [1.54, 1.807) is 0 Å². The Morgan fingerprint density at radius 1 is 1.10 bits per heavy atom. The third-order valence-corrected chi connectivity index (χ3v) is 3.17. The lowest BCUT2D eigenvalue weighted by Crippen LogP contribution is -2.05. The van der Waals surface area contributed by atoms with Gasteiger partial charge in [0.1, 0.15) is 5.75 Å². The number of hydrogen-bond acceptors (Lipinski definition) is 2. The molecule has 0 fully saturated rings. The average molecular weight is 290 g/mol. The van der Waals surface area contributed by atoms with Gasteiger partial charge in [0.25, 0.3) is 0 Å². The van der Waals surface area contributed by atoms with Gasteiger partial charge in [-0.15, -0.1) is 0 Å². The summed E-state index contributed by atoms with van der Waals surface area (Å²) in [5.41, 5.74) is 2.12. The molecule has 0 spiro atoms. The highest BCUT2D eigenvalue weighted by Crippen LogP contribution is 2.22. The summed E-state index contributed by atoms with van der Waals surface area (Å²) in [4.78, 5) is 0. The second-order valence-electron chi connectivity index (χ2n) is 5.19. The fourth-order valence-corrected chi connectivity index (χ4v) is 2.01. The van der Waals surface area contributed by atoms with E-state index in [1.165, 1.54) is 5.56 Å². The van der Waals surface area contributed by atoms with Gasteiger partial charge in [-0.2, -0.15) is 0 Å². The van der Waals surface area contributed by atoms with E-state index in [4.69, 9.17) is 16.3 Å². The molecule has 2 rings (SSSR count). The Kier molecular flexibility index (Phi) is 5.31. The molecule has 20 heavy (non-hydrogen) atoms. The summed E-state index contributed by atoms with van der Waals surface area (Å²) in [7, 11) is 0. The van der Waals surface area contributed by atoms with Crippen LogP contribution < -0.4 is 10.1 Å². The van der Waals surface area contributed by atoms with Gasteiger partial charge in [-0.25, -0.2) is 0 Å². The molecule has 3 heteroatoms. The van der Waals surface area contributed by atoms with Gasteiger partial charge in [-0.05, 0) is 35.7 Å². The van der Waals surface area contributed by atoms with Crippen LogP contribution >= 0.6 is 11.6 Å². The van der Waals surface area contributed by atoms with Crippen LogP contribution in [0.4, 0.5) is 5.69 Å². The van der Waals surface area contributed by atoms with Crippen LogP contribution in [0.15, 0.2) is 48.5 Å². The summed E-state index contributed by atoms with van der Waals surface area (Å²) in [6.07, 6.45) is 0. The van der Waals surface area contributed by atoms with E-state index in [0.29, 0.717) is 5.92 Å². The Hall–Kier alpha value is -1.67. The summed E-state index contributed by atoms with van der Waals surface area (Å²) < 4.78 is 5.73. The molecule has 0 saturated carbocycles. The van der Waals surface area contributed by atoms with E-state index in [1.807, 2.05) is 36.4 Å². The maximum atomic E-state index is 6.12. The summed E-state index contributed by atoms with van der Waals surface area (Å²) in [6, 6.07) is 15.9. The highest BCUT2D eigenvalue weighted by atomic mass is 35.5. The van der Waals surface area contributed by atoms with Crippen molar-refractivity contribution in [2.75, 3.05) is 11.9 Å². The van der Waals surface area contributed by atoms with Crippen LogP contribution in [0, 0.1) is 5.92 Å². The topological polar surface area (TPSA) is 21.3 Å². The van der Waals surface area contributed by atoms with E-state index in [9.17, 15) is 0 Å². The zero-order chi connectivity index (χ0) is 14.4. The summed E-state index contributed by atoms with van der Waals surface area (Å²) in [6.45, 7) is 5.75. The molecule has 0 saturated heterocycles. The highest BCUT2D eigenvalue weighted by molar-refractivity contribution is 6.33. The highest BCUT2D eigenvalue weighted by Gasteiger charge is 2.01. The number of anilines is 1. The molecule has 0 atom stereocenters. The Morgan fingerprint density at radius 2 is 1.90 bits per heavy atom. The van der Waals surface area contributed by atoms with E-state index >= 15 is 0 Å². The minimum Gasteiger partial charge on any atom is -0.493 e. The van der Waals surface area contributed by atoms with Gasteiger partial charge in [-0.3, -0.25) is 0 Å². The zero-order valence-electron chi connectivity index (χ0n) is 11.9. The van der Waals surface area contributed by atoms with Crippen molar-refractivity contribution in [2.24, 2.45) is 5.92 Å². The van der Waals surface area contributed by atoms with Crippen LogP contribution in [0.25, 0.3) is 0 Å². The molecular weight excluding hydrogens is 270 g/mol. The van der Waals surface area contributed by atoms with E-state index in [0.717, 1.165) is 29.6 Å². The van der Waals surface area contributed by atoms with Gasteiger partial charge in [-0.1, -0.05) is 49.7 Å². The van der Waals surface area contributed by atoms with Gasteiger partial charge >= 0.3 is 0 Å². The van der Waals surface area contributed by atoms with Crippen molar-refractivity contribution in [3.63, 3.8) is 0 Å². The van der Waals surface area contributed by atoms with Crippen LogP contribution in [-0.2, 0) is 6.54 Å². The number of nitrogens with one attached hydrogen (secondary N) is 1. The quantitative estimate of drug-likeness (QED) is 0.809. The van der Waals surface area contributed by atoms with Crippen LogP contribution in [0.5, 0.6) is 5.75 Å². The maximum Gasteiger partial charge on any atom is 0.119 e. The standard InChI is InChI=1S/C17H20ClNO/c1-13(2)12-20-15-7-5-6-14(10-15)11-19-17-9-4-3-8-16(17)18/h3-10,13,19H,11-12H2,1-2H3.